The van der Waals surface area contributed by atoms with Crippen LogP contribution in [0.4, 0.5) is 11.5 Å². The molecule has 0 atom stereocenters. The number of hydrogen-bond acceptors (Lipinski definition) is 5. The molecule has 3 aromatic rings. The highest BCUT2D eigenvalue weighted by Gasteiger charge is 2.10. The van der Waals surface area contributed by atoms with Gasteiger partial charge in [0.2, 0.25) is 0 Å². The maximum atomic E-state index is 4.52. The van der Waals surface area contributed by atoms with Gasteiger partial charge in [-0.25, -0.2) is 9.97 Å². The summed E-state index contributed by atoms with van der Waals surface area (Å²) >= 11 is 1.65. The number of fused-ring (bicyclic) bond motifs is 2. The summed E-state index contributed by atoms with van der Waals surface area (Å²) in [4.78, 5) is 13.2. The van der Waals surface area contributed by atoms with Gasteiger partial charge in [-0.05, 0) is 41.6 Å². The zero-order valence-electron chi connectivity index (χ0n) is 10.9. The van der Waals surface area contributed by atoms with Gasteiger partial charge in [-0.1, -0.05) is 6.07 Å². The third-order valence-electron chi connectivity index (χ3n) is 3.32. The molecular weight excluding hydrogens is 268 g/mol. The molecule has 0 amide bonds. The van der Waals surface area contributed by atoms with Crippen LogP contribution >= 0.6 is 11.3 Å². The van der Waals surface area contributed by atoms with Crippen molar-refractivity contribution in [1.29, 1.82) is 0 Å². The Kier molecular flexibility index (Phi) is 2.53. The van der Waals surface area contributed by atoms with Crippen LogP contribution in [0, 0.1) is 6.92 Å². The second-order valence-electron chi connectivity index (χ2n) is 4.76. The van der Waals surface area contributed by atoms with Gasteiger partial charge >= 0.3 is 0 Å². The van der Waals surface area contributed by atoms with Crippen molar-refractivity contribution in [1.82, 2.24) is 9.97 Å². The van der Waals surface area contributed by atoms with Crippen molar-refractivity contribution in [3.63, 3.8) is 0 Å². The maximum Gasteiger partial charge on any atom is 0.152 e. The largest absolute Gasteiger partial charge is 0.339 e. The summed E-state index contributed by atoms with van der Waals surface area (Å²) in [5.41, 5.74) is 4.48. The van der Waals surface area contributed by atoms with Crippen molar-refractivity contribution in [2.45, 2.75) is 13.5 Å². The Labute approximate surface area is 120 Å². The van der Waals surface area contributed by atoms with Crippen molar-refractivity contribution in [2.75, 3.05) is 5.32 Å². The number of hydrogen-bond donors (Lipinski definition) is 1. The van der Waals surface area contributed by atoms with Crippen LogP contribution in [0.15, 0.2) is 34.6 Å². The molecule has 0 unspecified atom stereocenters. The minimum absolute atomic E-state index is 0.779. The first kappa shape index (κ1) is 11.5. The minimum Gasteiger partial charge on any atom is -0.339 e. The fraction of sp³-hybridized carbons (Fsp3) is 0.133. The second-order valence-corrected chi connectivity index (χ2v) is 5.68. The average molecular weight is 280 g/mol. The summed E-state index contributed by atoms with van der Waals surface area (Å²) in [6, 6.07) is 8.33. The van der Waals surface area contributed by atoms with Crippen LogP contribution < -0.4 is 5.32 Å². The molecule has 1 N–H and O–H groups in total. The quantitative estimate of drug-likeness (QED) is 0.779. The molecule has 4 rings (SSSR count). The number of thiophene rings is 1. The van der Waals surface area contributed by atoms with Gasteiger partial charge in [-0.2, -0.15) is 0 Å². The van der Waals surface area contributed by atoms with E-state index in [1.165, 1.54) is 11.1 Å². The fourth-order valence-corrected chi connectivity index (χ4v) is 3.16. The molecule has 0 aliphatic carbocycles. The van der Waals surface area contributed by atoms with E-state index in [0.717, 1.165) is 34.1 Å². The molecule has 0 saturated heterocycles. The van der Waals surface area contributed by atoms with Crippen molar-refractivity contribution in [3.8, 4) is 0 Å². The first-order valence-corrected chi connectivity index (χ1v) is 7.29. The SMILES string of the molecule is Cc1nc(Nc2ccc3c(c2)C=NC3)c2sccc2n1. The number of rotatable bonds is 2. The molecule has 1 aromatic carbocycles. The third kappa shape index (κ3) is 1.87. The molecule has 0 bridgehead atoms. The lowest BCUT2D eigenvalue weighted by atomic mass is 10.1. The first-order chi connectivity index (χ1) is 9.79. The molecule has 3 heterocycles. The Balaban J connectivity index is 1.77. The van der Waals surface area contributed by atoms with Gasteiger partial charge < -0.3 is 5.32 Å². The molecule has 0 radical (unpaired) electrons. The van der Waals surface area contributed by atoms with E-state index in [9.17, 15) is 0 Å². The van der Waals surface area contributed by atoms with Crippen molar-refractivity contribution >= 4 is 39.3 Å². The number of nitrogens with zero attached hydrogens (tertiary/aromatic N) is 3. The van der Waals surface area contributed by atoms with Gasteiger partial charge in [0, 0.05) is 11.9 Å². The van der Waals surface area contributed by atoms with Gasteiger partial charge in [-0.15, -0.1) is 11.3 Å². The number of nitrogens with one attached hydrogen (secondary N) is 1. The average Bonchev–Trinajstić information content (AvgIpc) is 3.05. The highest BCUT2D eigenvalue weighted by atomic mass is 32.1. The minimum atomic E-state index is 0.779. The van der Waals surface area contributed by atoms with Crippen molar-refractivity contribution in [2.24, 2.45) is 4.99 Å². The summed E-state index contributed by atoms with van der Waals surface area (Å²) in [5, 5.41) is 5.44. The Morgan fingerprint density at radius 1 is 1.20 bits per heavy atom. The fourth-order valence-electron chi connectivity index (χ4n) is 2.38. The predicted molar refractivity (Wildman–Crippen MR) is 83.2 cm³/mol. The molecular formula is C15H12N4S. The topological polar surface area (TPSA) is 50.2 Å². The van der Waals surface area contributed by atoms with Gasteiger partial charge in [-0.3, -0.25) is 4.99 Å². The highest BCUT2D eigenvalue weighted by Crippen LogP contribution is 2.29. The summed E-state index contributed by atoms with van der Waals surface area (Å²) in [6.07, 6.45) is 1.92. The highest BCUT2D eigenvalue weighted by molar-refractivity contribution is 7.17. The Morgan fingerprint density at radius 2 is 2.15 bits per heavy atom. The maximum absolute atomic E-state index is 4.52. The molecule has 0 spiro atoms. The van der Waals surface area contributed by atoms with Crippen LogP contribution in [0.25, 0.3) is 10.2 Å². The number of benzene rings is 1. The van der Waals surface area contributed by atoms with E-state index in [4.69, 9.17) is 0 Å². The van der Waals surface area contributed by atoms with E-state index in [2.05, 4.69) is 38.5 Å². The Hall–Kier alpha value is -2.27. The van der Waals surface area contributed by atoms with Gasteiger partial charge in [0.25, 0.3) is 0 Å². The van der Waals surface area contributed by atoms with Crippen LogP contribution in [0.1, 0.15) is 17.0 Å². The zero-order chi connectivity index (χ0) is 13.5. The molecule has 2 aromatic heterocycles. The number of anilines is 2. The lowest BCUT2D eigenvalue weighted by Gasteiger charge is -2.08. The molecule has 98 valence electrons. The van der Waals surface area contributed by atoms with Gasteiger partial charge in [0.1, 0.15) is 5.82 Å². The Morgan fingerprint density at radius 3 is 3.10 bits per heavy atom. The summed E-state index contributed by atoms with van der Waals surface area (Å²) in [5.74, 6) is 1.65. The van der Waals surface area contributed by atoms with E-state index in [-0.39, 0.29) is 0 Å². The number of aliphatic imine (C=N–C) groups is 1. The molecule has 5 heteroatoms. The monoisotopic (exact) mass is 280 g/mol. The summed E-state index contributed by atoms with van der Waals surface area (Å²) < 4.78 is 1.09. The Bertz CT molecular complexity index is 835. The van der Waals surface area contributed by atoms with Gasteiger partial charge in [0.15, 0.2) is 5.82 Å². The second kappa shape index (κ2) is 4.38. The van der Waals surface area contributed by atoms with Crippen LogP contribution in [-0.2, 0) is 6.54 Å². The molecule has 20 heavy (non-hydrogen) atoms. The van der Waals surface area contributed by atoms with Crippen LogP contribution in [0.2, 0.25) is 0 Å². The van der Waals surface area contributed by atoms with Crippen molar-refractivity contribution < 1.29 is 0 Å². The molecule has 1 aliphatic heterocycles. The standard InChI is InChI=1S/C15H12N4S/c1-9-17-13-4-5-20-14(13)15(18-9)19-12-3-2-10-7-16-8-11(10)6-12/h2-6,8H,7H2,1H3,(H,17,18,19). The van der Waals surface area contributed by atoms with Crippen LogP contribution in [-0.4, -0.2) is 16.2 Å². The van der Waals surface area contributed by atoms with Crippen molar-refractivity contribution in [3.05, 3.63) is 46.6 Å². The zero-order valence-corrected chi connectivity index (χ0v) is 11.7. The van der Waals surface area contributed by atoms with E-state index in [0.29, 0.717) is 0 Å². The number of aryl methyl sites for hydroxylation is 1. The van der Waals surface area contributed by atoms with Crippen LogP contribution in [0.3, 0.4) is 0 Å². The molecule has 1 aliphatic rings. The third-order valence-corrected chi connectivity index (χ3v) is 4.23. The number of aromatic nitrogens is 2. The smallest absolute Gasteiger partial charge is 0.152 e. The van der Waals surface area contributed by atoms with E-state index in [1.807, 2.05) is 24.6 Å². The predicted octanol–water partition coefficient (Wildman–Crippen LogP) is 3.68. The molecule has 0 fully saturated rings. The molecule has 0 saturated carbocycles. The normalized spacial score (nSPS) is 12.8. The molecule has 4 nitrogen and oxygen atoms in total. The lowest BCUT2D eigenvalue weighted by molar-refractivity contribution is 1.10. The van der Waals surface area contributed by atoms with E-state index in [1.54, 1.807) is 11.3 Å². The van der Waals surface area contributed by atoms with E-state index >= 15 is 0 Å². The van der Waals surface area contributed by atoms with Gasteiger partial charge in [0.05, 0.1) is 16.8 Å². The first-order valence-electron chi connectivity index (χ1n) is 6.41. The summed E-state index contributed by atoms with van der Waals surface area (Å²) in [7, 11) is 0. The van der Waals surface area contributed by atoms with E-state index < -0.39 is 0 Å². The lowest BCUT2D eigenvalue weighted by Crippen LogP contribution is -1.98. The van der Waals surface area contributed by atoms with Crippen LogP contribution in [0.5, 0.6) is 0 Å². The summed E-state index contributed by atoms with van der Waals surface area (Å²) in [6.45, 7) is 2.70.